The zero-order chi connectivity index (χ0) is 47.9. The van der Waals surface area contributed by atoms with Crippen molar-refractivity contribution in [2.24, 2.45) is 10.8 Å². The summed E-state index contributed by atoms with van der Waals surface area (Å²) in [5.74, 6) is 1.73. The summed E-state index contributed by atoms with van der Waals surface area (Å²) in [6.07, 6.45) is 7.69. The molecule has 0 radical (unpaired) electrons. The van der Waals surface area contributed by atoms with Crippen molar-refractivity contribution < 1.29 is 20.4 Å². The average molecular weight is 1060 g/mol. The number of fused-ring (bicyclic) bond motifs is 4. The average Bonchev–Trinajstić information content (AvgIpc) is 4.21. The van der Waals surface area contributed by atoms with E-state index in [0.717, 1.165) is 95.6 Å². The van der Waals surface area contributed by atoms with Gasteiger partial charge in [0.1, 0.15) is 47.3 Å². The number of nitrogens with one attached hydrogen (secondary N) is 2. The number of hydrogen-bond donors (Lipinski definition) is 8. The number of aromatic nitrogens is 7. The first-order valence-electron chi connectivity index (χ1n) is 23.6. The van der Waals surface area contributed by atoms with E-state index in [1.165, 1.54) is 0 Å². The van der Waals surface area contributed by atoms with Gasteiger partial charge in [0.2, 0.25) is 0 Å². The fourth-order valence-electron chi connectivity index (χ4n) is 12.1. The van der Waals surface area contributed by atoms with Crippen LogP contribution in [0.15, 0.2) is 107 Å². The van der Waals surface area contributed by atoms with Crippen LogP contribution in [0.4, 0.5) is 17.5 Å². The molecule has 2 saturated carbocycles. The van der Waals surface area contributed by atoms with Crippen LogP contribution in [0.25, 0.3) is 43.9 Å². The molecule has 4 aliphatic rings. The maximum Gasteiger partial charge on any atom is 0.145 e. The minimum Gasteiger partial charge on any atom is -0.390 e. The Morgan fingerprint density at radius 3 is 2.07 bits per heavy atom. The van der Waals surface area contributed by atoms with Crippen molar-refractivity contribution in [3.8, 4) is 0 Å². The number of benzene rings is 2. The Labute approximate surface area is 415 Å². The molecule has 0 amide bonds. The Kier molecular flexibility index (Phi) is 11.9. The van der Waals surface area contributed by atoms with Crippen molar-refractivity contribution >= 4 is 93.2 Å². The Balaban J connectivity index is 0.000000151. The molecule has 16 nitrogen and oxygen atoms in total. The van der Waals surface area contributed by atoms with Gasteiger partial charge >= 0.3 is 0 Å². The van der Waals surface area contributed by atoms with Gasteiger partial charge in [0, 0.05) is 77.3 Å². The second kappa shape index (κ2) is 17.8. The zero-order valence-electron chi connectivity index (χ0n) is 38.3. The van der Waals surface area contributed by atoms with Crippen LogP contribution in [0.2, 0.25) is 0 Å². The van der Waals surface area contributed by atoms with Gasteiger partial charge in [-0.15, -0.1) is 0 Å². The van der Waals surface area contributed by atoms with E-state index in [2.05, 4.69) is 117 Å². The lowest BCUT2D eigenvalue weighted by molar-refractivity contribution is -0.0238. The maximum atomic E-state index is 11.3. The number of pyridine rings is 3. The number of nitrogen functional groups attached to an aromatic ring is 2. The van der Waals surface area contributed by atoms with Crippen molar-refractivity contribution in [2.45, 2.75) is 87.6 Å². The van der Waals surface area contributed by atoms with Crippen LogP contribution in [0.5, 0.6) is 0 Å². The number of nitrogens with zero attached hydrogens (tertiary/aromatic N) is 8. The normalized spacial score (nSPS) is 29.0. The minimum atomic E-state index is -0.890. The maximum absolute atomic E-state index is 11.3. The number of aliphatic hydroxyl groups is 4. The van der Waals surface area contributed by atoms with Gasteiger partial charge in [-0.2, -0.15) is 0 Å². The lowest BCUT2D eigenvalue weighted by Crippen LogP contribution is -2.38. The van der Waals surface area contributed by atoms with Gasteiger partial charge in [-0.1, -0.05) is 31.2 Å². The molecule has 12 rings (SSSR count). The van der Waals surface area contributed by atoms with Gasteiger partial charge in [0.15, 0.2) is 0 Å². The van der Waals surface area contributed by atoms with Crippen LogP contribution in [0, 0.1) is 10.8 Å². The molecule has 8 heterocycles. The third-order valence-electron chi connectivity index (χ3n) is 15.6. The van der Waals surface area contributed by atoms with Crippen LogP contribution in [-0.2, 0) is 0 Å². The molecule has 2 aromatic carbocycles. The zero-order valence-corrected chi connectivity index (χ0v) is 41.5. The highest BCUT2D eigenvalue weighted by Crippen LogP contribution is 2.56. The number of anilines is 3. The first-order chi connectivity index (χ1) is 33.3. The molecule has 6 aromatic heterocycles. The van der Waals surface area contributed by atoms with Crippen LogP contribution in [0.1, 0.15) is 74.3 Å². The number of nitrogens with two attached hydrogens (primary N) is 2. The Bertz CT molecular complexity index is 3240. The number of rotatable bonds is 7. The lowest BCUT2D eigenvalue weighted by Gasteiger charge is -2.27. The van der Waals surface area contributed by atoms with Gasteiger partial charge in [-0.3, -0.25) is 4.90 Å². The summed E-state index contributed by atoms with van der Waals surface area (Å²) >= 11 is 6.89. The predicted molar refractivity (Wildman–Crippen MR) is 275 cm³/mol. The monoisotopic (exact) mass is 1060 g/mol. The lowest BCUT2D eigenvalue weighted by atomic mass is 9.80. The Morgan fingerprint density at radius 1 is 0.725 bits per heavy atom. The molecule has 8 aromatic rings. The third kappa shape index (κ3) is 7.93. The highest BCUT2D eigenvalue weighted by atomic mass is 79.9. The van der Waals surface area contributed by atoms with Crippen molar-refractivity contribution in [1.82, 2.24) is 44.3 Å². The summed E-state index contributed by atoms with van der Waals surface area (Å²) in [6, 6.07) is 24.1. The summed E-state index contributed by atoms with van der Waals surface area (Å²) in [4.78, 5) is 24.8. The molecular weight excluding hydrogens is 1000 g/mol. The molecule has 0 bridgehead atoms. The van der Waals surface area contributed by atoms with E-state index < -0.39 is 35.2 Å². The van der Waals surface area contributed by atoms with Gasteiger partial charge in [0.25, 0.3) is 0 Å². The Hall–Kier alpha value is -5.31. The molecule has 4 fully saturated rings. The molecule has 2 saturated heterocycles. The standard InChI is InChI=1S/C26H30BrN7O2.C25H26BrN5O2/c1-2-6-29-24-16-5-7-34(25(16)32-13-31-24)20-11-26(22(36)21(20)35)10-19(30-12-26)15-4-3-14-8-17(27)23(28)33-18(14)9-15;1-30-13-25(11-19(30)16-5-4-15-9-17(26)23(27)29-18(15)10-16)12-20(21(32)22(25)33)31-8-6-14-3-2-7-28-24(14)31/h3-5,7-9,13,19-22,30,35-36H,2,6,10-12H2,1H3,(H2,28,33)(H,29,31,32);2-10,19-22,32-33H,11-13H2,1H3,(H2,27,29). The molecule has 10 atom stereocenters. The molecule has 2 aliphatic heterocycles. The van der Waals surface area contributed by atoms with Crippen LogP contribution in [-0.4, -0.2) is 110 Å². The summed E-state index contributed by atoms with van der Waals surface area (Å²) in [7, 11) is 2.09. The van der Waals surface area contributed by atoms with E-state index in [4.69, 9.17) is 11.5 Å². The van der Waals surface area contributed by atoms with E-state index >= 15 is 0 Å². The quantitative estimate of drug-likeness (QED) is 0.0790. The molecular formula is C51H56Br2N12O4. The third-order valence-corrected chi connectivity index (χ3v) is 16.9. The van der Waals surface area contributed by atoms with Crippen molar-refractivity contribution in [1.29, 1.82) is 0 Å². The molecule has 2 aliphatic carbocycles. The first-order valence-corrected chi connectivity index (χ1v) is 25.2. The SMILES string of the molecule is CCCNc1ncnc2c1ccn2C1CC2(CNC(c3ccc4cc(Br)c(N)nc4c3)C2)C(O)C1O.CN1CC2(CC1c1ccc3cc(Br)c(N)nc3c1)CC(n1ccc3cccnc31)C(O)C2O. The summed E-state index contributed by atoms with van der Waals surface area (Å²) in [6.45, 7) is 4.27. The highest BCUT2D eigenvalue weighted by Gasteiger charge is 2.58. The number of likely N-dealkylation sites (tertiary alicyclic amines) is 1. The second-order valence-electron chi connectivity index (χ2n) is 19.8. The van der Waals surface area contributed by atoms with Crippen molar-refractivity contribution in [3.05, 3.63) is 118 Å². The van der Waals surface area contributed by atoms with Gasteiger partial charge in [-0.05, 0) is 131 Å². The van der Waals surface area contributed by atoms with Crippen molar-refractivity contribution in [2.75, 3.05) is 43.5 Å². The summed E-state index contributed by atoms with van der Waals surface area (Å²) in [5, 5.41) is 55.8. The molecule has 69 heavy (non-hydrogen) atoms. The first kappa shape index (κ1) is 46.1. The van der Waals surface area contributed by atoms with Gasteiger partial charge < -0.3 is 51.7 Å². The fourth-order valence-corrected chi connectivity index (χ4v) is 12.7. The number of halogens is 2. The van der Waals surface area contributed by atoms with Crippen LogP contribution >= 0.6 is 31.9 Å². The van der Waals surface area contributed by atoms with E-state index in [1.54, 1.807) is 12.5 Å². The second-order valence-corrected chi connectivity index (χ2v) is 21.5. The Morgan fingerprint density at radius 2 is 1.36 bits per heavy atom. The molecule has 18 heteroatoms. The molecule has 2 spiro atoms. The number of hydrogen-bond acceptors (Lipinski definition) is 14. The summed E-state index contributed by atoms with van der Waals surface area (Å²) in [5.41, 5.74) is 16.7. The van der Waals surface area contributed by atoms with Crippen LogP contribution < -0.4 is 22.1 Å². The minimum absolute atomic E-state index is 0.0512. The van der Waals surface area contributed by atoms with E-state index in [9.17, 15) is 20.4 Å². The predicted octanol–water partition coefficient (Wildman–Crippen LogP) is 7.19. The number of aliphatic hydroxyl groups excluding tert-OH is 4. The fraction of sp³-hybridized carbons (Fsp3) is 0.392. The largest absolute Gasteiger partial charge is 0.390 e. The molecule has 10 N–H and O–H groups in total. The van der Waals surface area contributed by atoms with E-state index in [1.807, 2.05) is 64.0 Å². The topological polar surface area (TPSA) is 235 Å². The van der Waals surface area contributed by atoms with E-state index in [-0.39, 0.29) is 24.2 Å². The summed E-state index contributed by atoms with van der Waals surface area (Å²) < 4.78 is 5.61. The van der Waals surface area contributed by atoms with Gasteiger partial charge in [-0.25, -0.2) is 24.9 Å². The molecule has 358 valence electrons. The van der Waals surface area contributed by atoms with Gasteiger partial charge in [0.05, 0.1) is 49.7 Å². The smallest absolute Gasteiger partial charge is 0.145 e. The van der Waals surface area contributed by atoms with Crippen LogP contribution in [0.3, 0.4) is 0 Å². The van der Waals surface area contributed by atoms with E-state index in [0.29, 0.717) is 37.6 Å². The highest BCUT2D eigenvalue weighted by molar-refractivity contribution is 9.11. The molecule has 10 unspecified atom stereocenters. The van der Waals surface area contributed by atoms with Crippen molar-refractivity contribution in [3.63, 3.8) is 0 Å².